The summed E-state index contributed by atoms with van der Waals surface area (Å²) in [7, 11) is 0. The number of rotatable bonds is 9. The Morgan fingerprint density at radius 3 is 2.49 bits per heavy atom. The molecule has 0 fully saturated rings. The van der Waals surface area contributed by atoms with Crippen molar-refractivity contribution in [2.24, 2.45) is 0 Å². The van der Waals surface area contributed by atoms with Crippen LogP contribution in [-0.4, -0.2) is 31.7 Å². The Hall–Kier alpha value is -4.18. The Labute approximate surface area is 226 Å². The fraction of sp³-hybridized carbons (Fsp3) is 0.214. The second-order valence-electron chi connectivity index (χ2n) is 8.87. The number of aromatic nitrogens is 3. The van der Waals surface area contributed by atoms with Crippen molar-refractivity contribution < 1.29 is 23.1 Å². The van der Waals surface area contributed by atoms with Crippen molar-refractivity contribution in [2.75, 3.05) is 0 Å². The van der Waals surface area contributed by atoms with Crippen LogP contribution in [0.4, 0.5) is 13.2 Å². The lowest BCUT2D eigenvalue weighted by Gasteiger charge is -2.15. The van der Waals surface area contributed by atoms with E-state index in [2.05, 4.69) is 15.3 Å². The molecular weight excluding hydrogens is 533 g/mol. The maximum atomic E-state index is 13.1. The number of hydrogen-bond donors (Lipinski definition) is 2. The highest BCUT2D eigenvalue weighted by Crippen LogP contribution is 2.24. The van der Waals surface area contributed by atoms with Crippen LogP contribution in [0.2, 0.25) is 5.02 Å². The first-order valence-electron chi connectivity index (χ1n) is 12.0. The molecule has 2 N–H and O–H groups in total. The van der Waals surface area contributed by atoms with Crippen molar-refractivity contribution >= 4 is 17.5 Å². The molecule has 11 heteroatoms. The molecule has 0 spiro atoms. The highest BCUT2D eigenvalue weighted by Gasteiger charge is 2.26. The molecule has 0 unspecified atom stereocenters. The minimum absolute atomic E-state index is 0.0249. The van der Waals surface area contributed by atoms with E-state index in [4.69, 9.17) is 11.6 Å². The fourth-order valence-electron chi connectivity index (χ4n) is 3.93. The van der Waals surface area contributed by atoms with E-state index in [-0.39, 0.29) is 43.5 Å². The summed E-state index contributed by atoms with van der Waals surface area (Å²) in [4.78, 5) is 34.1. The van der Waals surface area contributed by atoms with Gasteiger partial charge in [-0.05, 0) is 41.8 Å². The molecular formula is C28H24ClF3N4O3. The number of pyridine rings is 1. The normalized spacial score (nSPS) is 11.4. The molecule has 0 radical (unpaired) electrons. The number of halogens is 4. The minimum atomic E-state index is -4.32. The molecule has 2 aromatic carbocycles. The monoisotopic (exact) mass is 556 g/mol. The molecule has 4 rings (SSSR count). The molecule has 0 saturated carbocycles. The van der Waals surface area contributed by atoms with Crippen molar-refractivity contribution in [2.45, 2.75) is 38.5 Å². The van der Waals surface area contributed by atoms with Gasteiger partial charge < -0.3 is 10.4 Å². The molecule has 0 saturated heterocycles. The largest absolute Gasteiger partial charge is 0.493 e. The molecule has 0 aliphatic carbocycles. The van der Waals surface area contributed by atoms with Gasteiger partial charge in [-0.3, -0.25) is 14.2 Å². The van der Waals surface area contributed by atoms with Gasteiger partial charge in [0, 0.05) is 53.9 Å². The number of nitrogens with zero attached hydrogens (tertiary/aromatic N) is 3. The van der Waals surface area contributed by atoms with Gasteiger partial charge in [-0.1, -0.05) is 41.9 Å². The summed E-state index contributed by atoms with van der Waals surface area (Å²) < 4.78 is 39.8. The van der Waals surface area contributed by atoms with Crippen molar-refractivity contribution in [3.05, 3.63) is 111 Å². The average molecular weight is 557 g/mol. The fourth-order valence-corrected chi connectivity index (χ4v) is 4.05. The number of hydrogen-bond acceptors (Lipinski definition) is 5. The Morgan fingerprint density at radius 2 is 1.79 bits per heavy atom. The summed E-state index contributed by atoms with van der Waals surface area (Å²) in [6.07, 6.45) is -4.16. The molecule has 202 valence electrons. The second-order valence-corrected chi connectivity index (χ2v) is 9.30. The van der Waals surface area contributed by atoms with Crippen LogP contribution in [0.25, 0.3) is 11.3 Å². The summed E-state index contributed by atoms with van der Waals surface area (Å²) in [5.41, 5.74) is 2.17. The smallest absolute Gasteiger partial charge is 0.389 e. The lowest BCUT2D eigenvalue weighted by Crippen LogP contribution is -2.26. The second kappa shape index (κ2) is 12.1. The van der Waals surface area contributed by atoms with Gasteiger partial charge in [-0.15, -0.1) is 0 Å². The summed E-state index contributed by atoms with van der Waals surface area (Å²) in [5.74, 6) is -0.272. The van der Waals surface area contributed by atoms with Gasteiger partial charge >= 0.3 is 6.18 Å². The van der Waals surface area contributed by atoms with Gasteiger partial charge in [0.15, 0.2) is 0 Å². The molecule has 4 aromatic rings. The Balaban J connectivity index is 1.57. The third kappa shape index (κ3) is 7.90. The molecule has 0 bridgehead atoms. The van der Waals surface area contributed by atoms with Crippen LogP contribution >= 0.6 is 11.6 Å². The van der Waals surface area contributed by atoms with Gasteiger partial charge in [0.05, 0.1) is 12.2 Å². The van der Waals surface area contributed by atoms with Gasteiger partial charge in [-0.2, -0.15) is 13.2 Å². The topological polar surface area (TPSA) is 97.1 Å². The van der Waals surface area contributed by atoms with E-state index >= 15 is 0 Å². The summed E-state index contributed by atoms with van der Waals surface area (Å²) >= 11 is 5.95. The number of carbonyl (C=O) groups excluding carboxylic acids is 1. The summed E-state index contributed by atoms with van der Waals surface area (Å²) in [5, 5.41) is 12.6. The third-order valence-corrected chi connectivity index (χ3v) is 6.13. The van der Waals surface area contributed by atoms with Gasteiger partial charge in [0.2, 0.25) is 5.88 Å². The first-order valence-corrected chi connectivity index (χ1v) is 12.4. The number of aromatic hydroxyl groups is 1. The quantitative estimate of drug-likeness (QED) is 0.283. The molecule has 0 aliphatic rings. The molecule has 2 heterocycles. The van der Waals surface area contributed by atoms with E-state index in [0.29, 0.717) is 33.0 Å². The zero-order valence-corrected chi connectivity index (χ0v) is 21.3. The number of amides is 1. The standard InChI is InChI=1S/C28H24ClF3N4O3/c29-22-9-7-20(8-10-22)23-14-26(38)36(24(35-23)5-2-12-28(30,31)32)17-18-3-1-4-21(13-18)27(39)34-16-19-6-11-25(37)33-15-19/h1,3-4,6-11,13-15H,2,5,12,16-17H2,(H,33,37)(H,34,39). The third-order valence-electron chi connectivity index (χ3n) is 5.88. The summed E-state index contributed by atoms with van der Waals surface area (Å²) in [6.45, 7) is 0.215. The lowest BCUT2D eigenvalue weighted by molar-refractivity contribution is -0.135. The number of benzene rings is 2. The molecule has 7 nitrogen and oxygen atoms in total. The van der Waals surface area contributed by atoms with Crippen molar-refractivity contribution in [3.63, 3.8) is 0 Å². The Morgan fingerprint density at radius 1 is 1.03 bits per heavy atom. The van der Waals surface area contributed by atoms with Crippen molar-refractivity contribution in [3.8, 4) is 17.1 Å². The number of nitrogens with one attached hydrogen (secondary N) is 1. The molecule has 2 aromatic heterocycles. The Bertz CT molecular complexity index is 1500. The van der Waals surface area contributed by atoms with E-state index in [1.807, 2.05) is 0 Å². The average Bonchev–Trinajstić information content (AvgIpc) is 2.90. The van der Waals surface area contributed by atoms with E-state index < -0.39 is 18.2 Å². The highest BCUT2D eigenvalue weighted by molar-refractivity contribution is 6.30. The Kier molecular flexibility index (Phi) is 8.65. The van der Waals surface area contributed by atoms with E-state index in [1.165, 1.54) is 22.9 Å². The minimum Gasteiger partial charge on any atom is -0.493 e. The highest BCUT2D eigenvalue weighted by atomic mass is 35.5. The van der Waals surface area contributed by atoms with Crippen LogP contribution in [-0.2, 0) is 19.5 Å². The van der Waals surface area contributed by atoms with Gasteiger partial charge in [0.25, 0.3) is 11.5 Å². The van der Waals surface area contributed by atoms with Crippen molar-refractivity contribution in [1.29, 1.82) is 0 Å². The predicted octanol–water partition coefficient (Wildman–Crippen LogP) is 5.53. The lowest BCUT2D eigenvalue weighted by atomic mass is 10.1. The first-order chi connectivity index (χ1) is 18.6. The first kappa shape index (κ1) is 27.8. The number of carbonyl (C=O) groups is 1. The molecule has 39 heavy (non-hydrogen) atoms. The number of aryl methyl sites for hydroxylation is 1. The molecule has 0 aliphatic heterocycles. The predicted molar refractivity (Wildman–Crippen MR) is 141 cm³/mol. The van der Waals surface area contributed by atoms with Crippen LogP contribution in [0, 0.1) is 0 Å². The van der Waals surface area contributed by atoms with Gasteiger partial charge in [-0.25, -0.2) is 9.97 Å². The van der Waals surface area contributed by atoms with E-state index in [9.17, 15) is 27.9 Å². The summed E-state index contributed by atoms with van der Waals surface area (Å²) in [6, 6.07) is 17.6. The van der Waals surface area contributed by atoms with E-state index in [0.717, 1.165) is 0 Å². The van der Waals surface area contributed by atoms with Crippen molar-refractivity contribution in [1.82, 2.24) is 19.9 Å². The molecule has 1 amide bonds. The van der Waals surface area contributed by atoms with Gasteiger partial charge in [0.1, 0.15) is 5.82 Å². The number of alkyl halides is 3. The van der Waals surface area contributed by atoms with E-state index in [1.54, 1.807) is 54.6 Å². The van der Waals surface area contributed by atoms with Crippen LogP contribution in [0.15, 0.2) is 77.7 Å². The van der Waals surface area contributed by atoms with Crippen LogP contribution in [0.3, 0.4) is 0 Å². The van der Waals surface area contributed by atoms with Crippen LogP contribution < -0.4 is 10.9 Å². The van der Waals surface area contributed by atoms with Crippen LogP contribution in [0.5, 0.6) is 5.88 Å². The molecule has 0 atom stereocenters. The maximum Gasteiger partial charge on any atom is 0.389 e. The zero-order chi connectivity index (χ0) is 28.0. The SMILES string of the molecule is O=C(NCc1ccc(O)nc1)c1cccc(Cn2c(CCCC(F)(F)F)nc(-c3ccc(Cl)cc3)cc2=O)c1. The van der Waals surface area contributed by atoms with Crippen LogP contribution in [0.1, 0.15) is 40.2 Å². The zero-order valence-electron chi connectivity index (χ0n) is 20.6. The maximum absolute atomic E-state index is 13.1.